The first-order valence-electron chi connectivity index (χ1n) is 9.34. The maximum absolute atomic E-state index is 12.7. The van der Waals surface area contributed by atoms with Crippen LogP contribution in [-0.2, 0) is 4.79 Å². The van der Waals surface area contributed by atoms with Crippen LogP contribution in [0, 0.1) is 23.7 Å². The molecule has 0 spiro atoms. The zero-order chi connectivity index (χ0) is 21.9. The highest BCUT2D eigenvalue weighted by Gasteiger charge is 2.31. The summed E-state index contributed by atoms with van der Waals surface area (Å²) in [5.74, 6) is -0.698. The molecule has 148 valence electrons. The van der Waals surface area contributed by atoms with Crippen LogP contribution < -0.4 is 0 Å². The monoisotopic (exact) mass is 386 g/mol. The second-order valence-electron chi connectivity index (χ2n) is 7.38. The molecule has 0 fully saturated rings. The Kier molecular flexibility index (Phi) is 6.56. The number of ketones is 1. The molecule has 4 nitrogen and oxygen atoms in total. The zero-order valence-corrected chi connectivity index (χ0v) is 17.6. The first kappa shape index (κ1) is 21.8. The zero-order valence-electron chi connectivity index (χ0n) is 17.6. The number of hydrogen-bond donors (Lipinski definition) is 2. The molecule has 1 aliphatic rings. The van der Waals surface area contributed by atoms with Crippen molar-refractivity contribution in [2.75, 3.05) is 0 Å². The van der Waals surface area contributed by atoms with Gasteiger partial charge in [0.25, 0.3) is 0 Å². The molecule has 1 aromatic carbocycles. The molecular weight excluding hydrogens is 360 g/mol. The van der Waals surface area contributed by atoms with E-state index in [0.29, 0.717) is 27.9 Å². The minimum absolute atomic E-state index is 0.0471. The molecule has 1 atom stereocenters. The number of aliphatic hydroxyl groups excluding tert-OH is 1. The van der Waals surface area contributed by atoms with E-state index in [4.69, 9.17) is 5.41 Å². The van der Waals surface area contributed by atoms with Gasteiger partial charge in [-0.15, -0.1) is 0 Å². The normalized spacial score (nSPS) is 16.2. The predicted octanol–water partition coefficient (Wildman–Crippen LogP) is 5.78. The number of rotatable bonds is 5. The molecule has 0 amide bonds. The van der Waals surface area contributed by atoms with E-state index in [2.05, 4.69) is 12.6 Å². The summed E-state index contributed by atoms with van der Waals surface area (Å²) in [5.41, 5.74) is 6.22. The average Bonchev–Trinajstić information content (AvgIpc) is 2.74. The number of nitrogens with zero attached hydrogens (tertiary/aromatic N) is 1. The number of Topliss-reactive ketones (excluding diaryl/α,β-unsaturated/α-hetero) is 1. The predicted molar refractivity (Wildman–Crippen MR) is 117 cm³/mol. The molecule has 0 radical (unpaired) electrons. The molecule has 0 saturated carbocycles. The van der Waals surface area contributed by atoms with Crippen LogP contribution in [0.4, 0.5) is 0 Å². The second kappa shape index (κ2) is 8.70. The van der Waals surface area contributed by atoms with Gasteiger partial charge in [-0.3, -0.25) is 4.79 Å². The van der Waals surface area contributed by atoms with Gasteiger partial charge >= 0.3 is 0 Å². The number of aliphatic hydroxyl groups is 1. The van der Waals surface area contributed by atoms with E-state index in [1.54, 1.807) is 25.1 Å². The molecule has 2 N–H and O–H groups in total. The number of carbonyl (C=O) groups excluding carboxylic acids is 1. The van der Waals surface area contributed by atoms with Crippen LogP contribution in [0.1, 0.15) is 50.3 Å². The Hall–Kier alpha value is -3.45. The molecule has 0 aromatic heterocycles. The lowest BCUT2D eigenvalue weighted by Gasteiger charge is -2.27. The highest BCUT2D eigenvalue weighted by molar-refractivity contribution is 6.01. The molecule has 0 saturated heterocycles. The summed E-state index contributed by atoms with van der Waals surface area (Å²) < 4.78 is 0. The van der Waals surface area contributed by atoms with Crippen LogP contribution in [0.25, 0.3) is 0 Å². The van der Waals surface area contributed by atoms with E-state index in [0.717, 1.165) is 28.5 Å². The van der Waals surface area contributed by atoms with E-state index < -0.39 is 5.92 Å². The van der Waals surface area contributed by atoms with Gasteiger partial charge in [0.15, 0.2) is 5.78 Å². The van der Waals surface area contributed by atoms with E-state index in [-0.39, 0.29) is 11.5 Å². The van der Waals surface area contributed by atoms with Gasteiger partial charge in [0.05, 0.1) is 11.6 Å². The molecule has 0 unspecified atom stereocenters. The quantitative estimate of drug-likeness (QED) is 0.497. The lowest BCUT2D eigenvalue weighted by Crippen LogP contribution is -2.18. The minimum Gasteiger partial charge on any atom is -0.508 e. The second-order valence-corrected chi connectivity index (χ2v) is 7.38. The Labute approximate surface area is 172 Å². The van der Waals surface area contributed by atoms with Gasteiger partial charge in [-0.25, -0.2) is 0 Å². The summed E-state index contributed by atoms with van der Waals surface area (Å²) in [6, 6.07) is 7.44. The fraction of sp³-hybridized carbons (Fsp3) is 0.240. The molecular formula is C25H26N2O2. The van der Waals surface area contributed by atoms with Gasteiger partial charge in [-0.05, 0) is 86.2 Å². The standard InChI is InChI=1S/C25H26N2O2/c1-14-9-15(2)18(5)24(22(29)10-14)25(23(19(6)28)17(4)12-26)21-8-7-20(13-27)11-16(21)3/h7-12,25-26,29H,1H2,2-6H3/b23-17-,26-12?/t25-/m1/s1. The third-order valence-corrected chi connectivity index (χ3v) is 5.30. The first-order chi connectivity index (χ1) is 13.6. The van der Waals surface area contributed by atoms with E-state index in [9.17, 15) is 15.2 Å². The lowest BCUT2D eigenvalue weighted by molar-refractivity contribution is -0.113. The van der Waals surface area contributed by atoms with Crippen molar-refractivity contribution < 1.29 is 9.90 Å². The molecule has 0 aliphatic heterocycles. The minimum atomic E-state index is -0.577. The fourth-order valence-corrected chi connectivity index (χ4v) is 3.76. The van der Waals surface area contributed by atoms with E-state index >= 15 is 0 Å². The highest BCUT2D eigenvalue weighted by Crippen LogP contribution is 2.42. The van der Waals surface area contributed by atoms with Crippen LogP contribution in [0.3, 0.4) is 0 Å². The number of aryl methyl sites for hydroxylation is 1. The van der Waals surface area contributed by atoms with Crippen LogP contribution in [0.15, 0.2) is 76.1 Å². The van der Waals surface area contributed by atoms with Crippen LogP contribution >= 0.6 is 0 Å². The topological polar surface area (TPSA) is 84.9 Å². The Balaban J connectivity index is 2.98. The van der Waals surface area contributed by atoms with Gasteiger partial charge in [0, 0.05) is 23.3 Å². The van der Waals surface area contributed by atoms with Crippen molar-refractivity contribution in [3.63, 3.8) is 0 Å². The van der Waals surface area contributed by atoms with Gasteiger partial charge in [-0.2, -0.15) is 5.26 Å². The third kappa shape index (κ3) is 4.35. The van der Waals surface area contributed by atoms with Crippen molar-refractivity contribution in [3.8, 4) is 6.07 Å². The smallest absolute Gasteiger partial charge is 0.157 e. The van der Waals surface area contributed by atoms with Crippen molar-refractivity contribution in [2.45, 2.75) is 40.5 Å². The summed E-state index contributed by atoms with van der Waals surface area (Å²) in [6.07, 6.45) is 4.65. The first-order valence-corrected chi connectivity index (χ1v) is 9.34. The van der Waals surface area contributed by atoms with Crippen LogP contribution in [-0.4, -0.2) is 17.1 Å². The van der Waals surface area contributed by atoms with Crippen molar-refractivity contribution >= 4 is 12.0 Å². The SMILES string of the molecule is C=C1C=C(C)C(C)=C([C@@H](/C(C(C)=O)=C(/C)C=N)c2ccc(C#N)cc2C)C(O)=C1. The van der Waals surface area contributed by atoms with Crippen molar-refractivity contribution in [1.29, 1.82) is 10.7 Å². The maximum Gasteiger partial charge on any atom is 0.157 e. The molecule has 29 heavy (non-hydrogen) atoms. The fourth-order valence-electron chi connectivity index (χ4n) is 3.76. The summed E-state index contributed by atoms with van der Waals surface area (Å²) >= 11 is 0. The Morgan fingerprint density at radius 2 is 1.90 bits per heavy atom. The highest BCUT2D eigenvalue weighted by atomic mass is 16.3. The number of nitriles is 1. The number of benzene rings is 1. The summed E-state index contributed by atoms with van der Waals surface area (Å²) in [7, 11) is 0. The van der Waals surface area contributed by atoms with Crippen molar-refractivity contribution in [1.82, 2.24) is 0 Å². The molecule has 0 bridgehead atoms. The van der Waals surface area contributed by atoms with Gasteiger partial charge < -0.3 is 10.5 Å². The maximum atomic E-state index is 12.7. The Bertz CT molecular complexity index is 1070. The number of nitrogens with one attached hydrogen (secondary N) is 1. The number of carbonyl (C=O) groups is 1. The van der Waals surface area contributed by atoms with Gasteiger partial charge in [0.2, 0.25) is 0 Å². The van der Waals surface area contributed by atoms with Gasteiger partial charge in [-0.1, -0.05) is 18.7 Å². The summed E-state index contributed by atoms with van der Waals surface area (Å²) in [5, 5.41) is 28.0. The van der Waals surface area contributed by atoms with E-state index in [1.165, 1.54) is 6.92 Å². The van der Waals surface area contributed by atoms with Crippen LogP contribution in [0.2, 0.25) is 0 Å². The number of allylic oxidation sites excluding steroid dienone is 8. The Morgan fingerprint density at radius 3 is 2.41 bits per heavy atom. The number of hydrogen-bond acceptors (Lipinski definition) is 4. The average molecular weight is 386 g/mol. The van der Waals surface area contributed by atoms with Gasteiger partial charge in [0.1, 0.15) is 5.76 Å². The largest absolute Gasteiger partial charge is 0.508 e. The summed E-state index contributed by atoms with van der Waals surface area (Å²) in [6.45, 7) is 12.9. The molecule has 1 aromatic rings. The van der Waals surface area contributed by atoms with Crippen molar-refractivity contribution in [2.24, 2.45) is 0 Å². The lowest BCUT2D eigenvalue weighted by atomic mass is 9.76. The van der Waals surface area contributed by atoms with Crippen molar-refractivity contribution in [3.05, 3.63) is 92.8 Å². The Morgan fingerprint density at radius 1 is 1.24 bits per heavy atom. The molecule has 2 rings (SSSR count). The third-order valence-electron chi connectivity index (χ3n) is 5.30. The molecule has 0 heterocycles. The summed E-state index contributed by atoms with van der Waals surface area (Å²) in [4.78, 5) is 12.7. The van der Waals surface area contributed by atoms with E-state index in [1.807, 2.05) is 32.9 Å². The molecule has 1 aliphatic carbocycles. The molecule has 4 heteroatoms. The van der Waals surface area contributed by atoms with Crippen LogP contribution in [0.5, 0.6) is 0 Å².